The van der Waals surface area contributed by atoms with Crippen molar-refractivity contribution in [2.24, 2.45) is 5.92 Å². The van der Waals surface area contributed by atoms with Crippen LogP contribution in [0.15, 0.2) is 41.8 Å². The highest BCUT2D eigenvalue weighted by Crippen LogP contribution is 2.22. The molecule has 1 aromatic carbocycles. The maximum atomic E-state index is 12.9. The number of amides is 2. The first kappa shape index (κ1) is 22.4. The molecular weight excluding hydrogens is 394 g/mol. The molecule has 0 saturated carbocycles. The van der Waals surface area contributed by atoms with Crippen LogP contribution in [0.5, 0.6) is 0 Å². The van der Waals surface area contributed by atoms with E-state index in [-0.39, 0.29) is 23.8 Å². The van der Waals surface area contributed by atoms with Gasteiger partial charge in [0, 0.05) is 22.0 Å². The Morgan fingerprint density at radius 2 is 1.86 bits per heavy atom. The van der Waals surface area contributed by atoms with Crippen molar-refractivity contribution in [1.82, 2.24) is 15.5 Å². The van der Waals surface area contributed by atoms with Crippen molar-refractivity contribution < 1.29 is 9.59 Å². The fourth-order valence-electron chi connectivity index (χ4n) is 2.85. The number of carbonyl (C=O) groups excluding carboxylic acids is 2. The third kappa shape index (κ3) is 6.06. The Balaban J connectivity index is 2.06. The molecule has 0 radical (unpaired) electrons. The van der Waals surface area contributed by atoms with Crippen molar-refractivity contribution >= 4 is 34.8 Å². The Morgan fingerprint density at radius 1 is 1.18 bits per heavy atom. The van der Waals surface area contributed by atoms with E-state index < -0.39 is 6.04 Å². The lowest BCUT2D eigenvalue weighted by Gasteiger charge is -2.27. The summed E-state index contributed by atoms with van der Waals surface area (Å²) in [6.07, 6.45) is 0.779. The van der Waals surface area contributed by atoms with Crippen LogP contribution < -0.4 is 10.6 Å². The molecular formula is C21H28ClN3O2S. The minimum absolute atomic E-state index is 0.00999. The summed E-state index contributed by atoms with van der Waals surface area (Å²) in [7, 11) is 3.98. The van der Waals surface area contributed by atoms with Gasteiger partial charge in [0.05, 0.1) is 6.04 Å². The van der Waals surface area contributed by atoms with Crippen LogP contribution in [0.2, 0.25) is 5.02 Å². The Labute approximate surface area is 176 Å². The third-order valence-electron chi connectivity index (χ3n) is 4.85. The van der Waals surface area contributed by atoms with Crippen molar-refractivity contribution in [3.8, 4) is 0 Å². The smallest absolute Gasteiger partial charge is 0.251 e. The van der Waals surface area contributed by atoms with Gasteiger partial charge in [-0.3, -0.25) is 9.59 Å². The minimum Gasteiger partial charge on any atom is -0.352 e. The van der Waals surface area contributed by atoms with Crippen molar-refractivity contribution in [2.75, 3.05) is 20.6 Å². The van der Waals surface area contributed by atoms with Gasteiger partial charge in [-0.15, -0.1) is 11.3 Å². The van der Waals surface area contributed by atoms with E-state index in [1.165, 1.54) is 4.88 Å². The molecule has 7 heteroatoms. The number of halogens is 1. The van der Waals surface area contributed by atoms with Gasteiger partial charge < -0.3 is 15.5 Å². The summed E-state index contributed by atoms with van der Waals surface area (Å²) in [5.74, 6) is -0.435. The molecule has 0 bridgehead atoms. The van der Waals surface area contributed by atoms with Crippen molar-refractivity contribution in [1.29, 1.82) is 0 Å². The van der Waals surface area contributed by atoms with Gasteiger partial charge in [0.25, 0.3) is 5.91 Å². The first-order chi connectivity index (χ1) is 13.3. The zero-order valence-corrected chi connectivity index (χ0v) is 18.3. The normalized spacial score (nSPS) is 14.4. The first-order valence-corrected chi connectivity index (χ1v) is 10.6. The number of rotatable bonds is 9. The van der Waals surface area contributed by atoms with Gasteiger partial charge >= 0.3 is 0 Å². The minimum atomic E-state index is -0.598. The topological polar surface area (TPSA) is 61.4 Å². The molecule has 0 saturated heterocycles. The predicted molar refractivity (Wildman–Crippen MR) is 116 cm³/mol. The highest BCUT2D eigenvalue weighted by atomic mass is 35.5. The molecule has 2 N–H and O–H groups in total. The van der Waals surface area contributed by atoms with Gasteiger partial charge in [0.1, 0.15) is 6.04 Å². The second kappa shape index (κ2) is 10.6. The number of thiophene rings is 1. The van der Waals surface area contributed by atoms with Gasteiger partial charge in [0.2, 0.25) is 5.91 Å². The van der Waals surface area contributed by atoms with Crippen molar-refractivity contribution in [3.63, 3.8) is 0 Å². The van der Waals surface area contributed by atoms with Crippen LogP contribution in [0.1, 0.15) is 41.5 Å². The van der Waals surface area contributed by atoms with Crippen LogP contribution in [0.3, 0.4) is 0 Å². The monoisotopic (exact) mass is 421 g/mol. The zero-order valence-electron chi connectivity index (χ0n) is 16.7. The average Bonchev–Trinajstić information content (AvgIpc) is 3.20. The fourth-order valence-corrected chi connectivity index (χ4v) is 3.90. The first-order valence-electron chi connectivity index (χ1n) is 9.37. The molecule has 0 aliphatic heterocycles. The average molecular weight is 422 g/mol. The van der Waals surface area contributed by atoms with Crippen LogP contribution in [0.25, 0.3) is 0 Å². The van der Waals surface area contributed by atoms with E-state index in [0.717, 1.165) is 6.42 Å². The standard InChI is InChI=1S/C21H28ClN3O2S/c1-5-14(2)19(24-20(26)15-8-10-16(22)11-9-15)21(27)23-13-17(25(3)4)18-7-6-12-28-18/h6-12,14,17,19H,5,13H2,1-4H3,(H,23,27)(H,24,26). The lowest BCUT2D eigenvalue weighted by Crippen LogP contribution is -2.51. The van der Waals surface area contributed by atoms with Crippen LogP contribution >= 0.6 is 22.9 Å². The molecule has 3 unspecified atom stereocenters. The molecule has 152 valence electrons. The highest BCUT2D eigenvalue weighted by Gasteiger charge is 2.27. The Morgan fingerprint density at radius 3 is 2.39 bits per heavy atom. The van der Waals surface area contributed by atoms with Gasteiger partial charge in [-0.1, -0.05) is 37.9 Å². The maximum Gasteiger partial charge on any atom is 0.251 e. The van der Waals surface area contributed by atoms with Crippen molar-refractivity contribution in [3.05, 3.63) is 57.2 Å². The second-order valence-corrected chi connectivity index (χ2v) is 8.50. The van der Waals surface area contributed by atoms with E-state index in [2.05, 4.69) is 21.6 Å². The number of nitrogens with one attached hydrogen (secondary N) is 2. The predicted octanol–water partition coefficient (Wildman–Crippen LogP) is 3.97. The van der Waals surface area contributed by atoms with Crippen LogP contribution in [-0.2, 0) is 4.79 Å². The Kier molecular flexibility index (Phi) is 8.48. The van der Waals surface area contributed by atoms with Gasteiger partial charge in [0.15, 0.2) is 0 Å². The van der Waals surface area contributed by atoms with Gasteiger partial charge in [-0.2, -0.15) is 0 Å². The lowest BCUT2D eigenvalue weighted by atomic mass is 9.97. The molecule has 2 rings (SSSR count). The molecule has 3 atom stereocenters. The molecule has 1 aromatic heterocycles. The quantitative estimate of drug-likeness (QED) is 0.644. The number of likely N-dealkylation sites (N-methyl/N-ethyl adjacent to an activating group) is 1. The van der Waals surface area contributed by atoms with E-state index in [1.807, 2.05) is 39.4 Å². The largest absolute Gasteiger partial charge is 0.352 e. The molecule has 2 aromatic rings. The number of hydrogen-bond acceptors (Lipinski definition) is 4. The maximum absolute atomic E-state index is 12.9. The molecule has 1 heterocycles. The van der Waals surface area contributed by atoms with Crippen LogP contribution in [0, 0.1) is 5.92 Å². The van der Waals surface area contributed by atoms with Crippen LogP contribution in [-0.4, -0.2) is 43.4 Å². The molecule has 5 nitrogen and oxygen atoms in total. The second-order valence-electron chi connectivity index (χ2n) is 7.08. The molecule has 2 amide bonds. The van der Waals surface area contributed by atoms with E-state index >= 15 is 0 Å². The van der Waals surface area contributed by atoms with E-state index in [9.17, 15) is 9.59 Å². The Hall–Kier alpha value is -1.89. The number of carbonyl (C=O) groups is 2. The van der Waals surface area contributed by atoms with Crippen molar-refractivity contribution in [2.45, 2.75) is 32.4 Å². The fraction of sp³-hybridized carbons (Fsp3) is 0.429. The lowest BCUT2D eigenvalue weighted by molar-refractivity contribution is -0.124. The molecule has 0 aliphatic rings. The third-order valence-corrected chi connectivity index (χ3v) is 6.08. The molecule has 28 heavy (non-hydrogen) atoms. The SMILES string of the molecule is CCC(C)C(NC(=O)c1ccc(Cl)cc1)C(=O)NCC(c1cccs1)N(C)C. The molecule has 0 aliphatic carbocycles. The van der Waals surface area contributed by atoms with Gasteiger partial charge in [-0.25, -0.2) is 0 Å². The summed E-state index contributed by atoms with van der Waals surface area (Å²) >= 11 is 7.55. The summed E-state index contributed by atoms with van der Waals surface area (Å²) in [6, 6.07) is 10.2. The van der Waals surface area contributed by atoms with E-state index in [4.69, 9.17) is 11.6 Å². The number of benzene rings is 1. The Bertz CT molecular complexity index is 762. The van der Waals surface area contributed by atoms with Gasteiger partial charge in [-0.05, 0) is 55.7 Å². The zero-order chi connectivity index (χ0) is 20.7. The summed E-state index contributed by atoms with van der Waals surface area (Å²) in [5, 5.41) is 8.51. The highest BCUT2D eigenvalue weighted by molar-refractivity contribution is 7.10. The summed E-state index contributed by atoms with van der Waals surface area (Å²) in [6.45, 7) is 4.46. The van der Waals surface area contributed by atoms with Crippen LogP contribution in [0.4, 0.5) is 0 Å². The van der Waals surface area contributed by atoms with E-state index in [1.54, 1.807) is 35.6 Å². The summed E-state index contributed by atoms with van der Waals surface area (Å²) in [4.78, 5) is 28.8. The number of nitrogens with zero attached hydrogens (tertiary/aromatic N) is 1. The van der Waals surface area contributed by atoms with E-state index in [0.29, 0.717) is 17.1 Å². The molecule has 0 fully saturated rings. The summed E-state index contributed by atoms with van der Waals surface area (Å²) < 4.78 is 0. The summed E-state index contributed by atoms with van der Waals surface area (Å²) in [5.41, 5.74) is 0.482. The number of hydrogen-bond donors (Lipinski definition) is 2. The molecule has 0 spiro atoms.